The third kappa shape index (κ3) is 2.89. The van der Waals surface area contributed by atoms with E-state index in [1.54, 1.807) is 0 Å². The minimum absolute atomic E-state index is 0. The Bertz CT molecular complexity index is 383. The zero-order valence-corrected chi connectivity index (χ0v) is 8.57. The summed E-state index contributed by atoms with van der Waals surface area (Å²) in [6, 6.07) is -1.25. The first kappa shape index (κ1) is 14.8. The molecule has 0 aliphatic carbocycles. The van der Waals surface area contributed by atoms with Crippen molar-refractivity contribution in [1.82, 2.24) is 0 Å². The maximum Gasteiger partial charge on any atom is 0.407 e. The number of phenols is 1. The molecule has 0 radical (unpaired) electrons. The highest BCUT2D eigenvalue weighted by Crippen LogP contribution is 2.37. The van der Waals surface area contributed by atoms with Gasteiger partial charge in [-0.05, 0) is 6.07 Å². The standard InChI is InChI=1S/C8H8F4N2O.ClH/c9-3-1-4(6(15)5(13)2-3)7(14)8(10,11)12;/h1-2,7,15H,13-14H2;1H/t7-;/m1./s1. The summed E-state index contributed by atoms with van der Waals surface area (Å²) in [6.45, 7) is 0. The number of hydrogen-bond acceptors (Lipinski definition) is 3. The minimum atomic E-state index is -4.77. The Kier molecular flexibility index (Phi) is 4.39. The molecular weight excluding hydrogens is 252 g/mol. The Morgan fingerprint density at radius 1 is 1.25 bits per heavy atom. The van der Waals surface area contributed by atoms with E-state index < -0.39 is 35.0 Å². The summed E-state index contributed by atoms with van der Waals surface area (Å²) in [5.41, 5.74) is 8.63. The molecule has 0 spiro atoms. The number of anilines is 1. The zero-order valence-electron chi connectivity index (χ0n) is 7.75. The Hall–Kier alpha value is -1.21. The van der Waals surface area contributed by atoms with Gasteiger partial charge in [0, 0.05) is 11.6 Å². The molecule has 1 aromatic rings. The normalized spacial score (nSPS) is 13.1. The summed E-state index contributed by atoms with van der Waals surface area (Å²) in [6.07, 6.45) is -4.77. The summed E-state index contributed by atoms with van der Waals surface area (Å²) in [5.74, 6) is -1.83. The molecule has 0 saturated carbocycles. The summed E-state index contributed by atoms with van der Waals surface area (Å²) in [7, 11) is 0. The second-order valence-electron chi connectivity index (χ2n) is 2.95. The van der Waals surface area contributed by atoms with E-state index in [2.05, 4.69) is 0 Å². The molecular formula is C8H9ClF4N2O. The summed E-state index contributed by atoms with van der Waals surface area (Å²) in [5, 5.41) is 9.18. The van der Waals surface area contributed by atoms with E-state index in [-0.39, 0.29) is 12.4 Å². The molecule has 0 aromatic heterocycles. The first-order chi connectivity index (χ1) is 6.73. The fraction of sp³-hybridized carbons (Fsp3) is 0.250. The number of nitrogen functional groups attached to an aromatic ring is 1. The molecule has 0 aliphatic heterocycles. The van der Waals surface area contributed by atoms with Gasteiger partial charge in [-0.3, -0.25) is 0 Å². The predicted octanol–water partition coefficient (Wildman–Crippen LogP) is 2.10. The second kappa shape index (κ2) is 4.75. The smallest absolute Gasteiger partial charge is 0.407 e. The maximum atomic E-state index is 12.7. The lowest BCUT2D eigenvalue weighted by atomic mass is 10.0. The molecule has 0 unspecified atom stereocenters. The van der Waals surface area contributed by atoms with Crippen LogP contribution in [0.2, 0.25) is 0 Å². The lowest BCUT2D eigenvalue weighted by Crippen LogP contribution is -2.28. The van der Waals surface area contributed by atoms with Crippen LogP contribution in [0.25, 0.3) is 0 Å². The Labute approximate surface area is 94.5 Å². The third-order valence-corrected chi connectivity index (χ3v) is 1.82. The topological polar surface area (TPSA) is 72.3 Å². The molecule has 0 amide bonds. The van der Waals surface area contributed by atoms with Gasteiger partial charge in [-0.2, -0.15) is 13.2 Å². The van der Waals surface area contributed by atoms with Gasteiger partial charge in [-0.25, -0.2) is 4.39 Å². The van der Waals surface area contributed by atoms with Crippen LogP contribution < -0.4 is 11.5 Å². The van der Waals surface area contributed by atoms with E-state index in [0.29, 0.717) is 12.1 Å². The van der Waals surface area contributed by atoms with Crippen LogP contribution in [0.5, 0.6) is 5.75 Å². The molecule has 1 rings (SSSR count). The minimum Gasteiger partial charge on any atom is -0.505 e. The molecule has 5 N–H and O–H groups in total. The van der Waals surface area contributed by atoms with Gasteiger partial charge < -0.3 is 16.6 Å². The van der Waals surface area contributed by atoms with Crippen LogP contribution in [-0.2, 0) is 0 Å². The van der Waals surface area contributed by atoms with Crippen molar-refractivity contribution in [1.29, 1.82) is 0 Å². The molecule has 16 heavy (non-hydrogen) atoms. The van der Waals surface area contributed by atoms with E-state index in [4.69, 9.17) is 11.5 Å². The van der Waals surface area contributed by atoms with Crippen LogP contribution in [0, 0.1) is 5.82 Å². The highest BCUT2D eigenvalue weighted by Gasteiger charge is 2.39. The van der Waals surface area contributed by atoms with Crippen LogP contribution in [0.4, 0.5) is 23.2 Å². The first-order valence-corrected chi connectivity index (χ1v) is 3.83. The predicted molar refractivity (Wildman–Crippen MR) is 52.7 cm³/mol. The monoisotopic (exact) mass is 260 g/mol. The van der Waals surface area contributed by atoms with Crippen molar-refractivity contribution in [2.45, 2.75) is 12.2 Å². The van der Waals surface area contributed by atoms with Crippen LogP contribution >= 0.6 is 12.4 Å². The van der Waals surface area contributed by atoms with E-state index >= 15 is 0 Å². The van der Waals surface area contributed by atoms with Gasteiger partial charge in [-0.1, -0.05) is 0 Å². The molecule has 0 fully saturated rings. The zero-order chi connectivity index (χ0) is 11.8. The van der Waals surface area contributed by atoms with Gasteiger partial charge in [0.15, 0.2) is 0 Å². The Morgan fingerprint density at radius 2 is 1.75 bits per heavy atom. The number of phenolic OH excluding ortho intramolecular Hbond substituents is 1. The molecule has 3 nitrogen and oxygen atoms in total. The lowest BCUT2D eigenvalue weighted by molar-refractivity contribution is -0.149. The van der Waals surface area contributed by atoms with Gasteiger partial charge in [-0.15, -0.1) is 12.4 Å². The molecule has 0 bridgehead atoms. The highest BCUT2D eigenvalue weighted by molar-refractivity contribution is 5.85. The largest absolute Gasteiger partial charge is 0.505 e. The number of alkyl halides is 3. The molecule has 0 heterocycles. The Morgan fingerprint density at radius 3 is 2.19 bits per heavy atom. The van der Waals surface area contributed by atoms with E-state index in [1.165, 1.54) is 0 Å². The maximum absolute atomic E-state index is 12.7. The number of aromatic hydroxyl groups is 1. The average molecular weight is 261 g/mol. The Balaban J connectivity index is 0.00000225. The summed E-state index contributed by atoms with van der Waals surface area (Å²) in [4.78, 5) is 0. The van der Waals surface area contributed by atoms with Crippen LogP contribution in [-0.4, -0.2) is 11.3 Å². The van der Waals surface area contributed by atoms with E-state index in [1.807, 2.05) is 0 Å². The van der Waals surface area contributed by atoms with Crippen LogP contribution in [0.3, 0.4) is 0 Å². The molecule has 8 heteroatoms. The van der Waals surface area contributed by atoms with Crippen molar-refractivity contribution >= 4 is 18.1 Å². The molecule has 1 atom stereocenters. The van der Waals surface area contributed by atoms with Gasteiger partial charge in [0.1, 0.15) is 17.6 Å². The fourth-order valence-corrected chi connectivity index (χ4v) is 1.06. The van der Waals surface area contributed by atoms with Crippen molar-refractivity contribution in [3.63, 3.8) is 0 Å². The van der Waals surface area contributed by atoms with Gasteiger partial charge in [0.2, 0.25) is 0 Å². The third-order valence-electron chi connectivity index (χ3n) is 1.82. The van der Waals surface area contributed by atoms with E-state index in [0.717, 1.165) is 0 Å². The number of halogens is 5. The SMILES string of the molecule is Cl.Nc1cc(F)cc([C@@H](N)C(F)(F)F)c1O. The number of benzene rings is 1. The lowest BCUT2D eigenvalue weighted by Gasteiger charge is -2.17. The van der Waals surface area contributed by atoms with Crippen molar-refractivity contribution in [3.05, 3.63) is 23.5 Å². The fourth-order valence-electron chi connectivity index (χ4n) is 1.06. The van der Waals surface area contributed by atoms with Gasteiger partial charge in [0.05, 0.1) is 5.69 Å². The van der Waals surface area contributed by atoms with Crippen LogP contribution in [0.1, 0.15) is 11.6 Å². The van der Waals surface area contributed by atoms with Crippen molar-refractivity contribution in [2.24, 2.45) is 5.73 Å². The van der Waals surface area contributed by atoms with Crippen LogP contribution in [0.15, 0.2) is 12.1 Å². The molecule has 92 valence electrons. The molecule has 0 saturated heterocycles. The second-order valence-corrected chi connectivity index (χ2v) is 2.95. The van der Waals surface area contributed by atoms with Crippen molar-refractivity contribution < 1.29 is 22.7 Å². The quantitative estimate of drug-likeness (QED) is 0.411. The number of hydrogen-bond donors (Lipinski definition) is 3. The molecule has 0 aliphatic rings. The summed E-state index contributed by atoms with van der Waals surface area (Å²) >= 11 is 0. The summed E-state index contributed by atoms with van der Waals surface area (Å²) < 4.78 is 49.3. The van der Waals surface area contributed by atoms with Crippen molar-refractivity contribution in [3.8, 4) is 5.75 Å². The van der Waals surface area contributed by atoms with Gasteiger partial charge in [0.25, 0.3) is 0 Å². The van der Waals surface area contributed by atoms with Crippen molar-refractivity contribution in [2.75, 3.05) is 5.73 Å². The number of nitrogens with two attached hydrogens (primary N) is 2. The first-order valence-electron chi connectivity index (χ1n) is 3.83. The number of rotatable bonds is 1. The average Bonchev–Trinajstić information content (AvgIpc) is 2.08. The highest BCUT2D eigenvalue weighted by atomic mass is 35.5. The van der Waals surface area contributed by atoms with E-state index in [9.17, 15) is 22.7 Å². The molecule has 1 aromatic carbocycles. The van der Waals surface area contributed by atoms with Gasteiger partial charge >= 0.3 is 6.18 Å².